The average Bonchev–Trinajstić information content (AvgIpc) is 0.830. The highest BCUT2D eigenvalue weighted by Crippen LogP contribution is 2.31. The second-order valence-corrected chi connectivity index (χ2v) is 28.9. The molecular formula is C78H153NO13. The van der Waals surface area contributed by atoms with E-state index in [1.807, 2.05) is 0 Å². The van der Waals surface area contributed by atoms with Gasteiger partial charge in [0.2, 0.25) is 5.91 Å². The molecule has 0 aromatic heterocycles. The molecule has 14 heteroatoms. The quantitative estimate of drug-likeness (QED) is 0.0259. The van der Waals surface area contributed by atoms with Crippen molar-refractivity contribution in [1.29, 1.82) is 0 Å². The molecule has 2 heterocycles. The third kappa shape index (κ3) is 46.3. The van der Waals surface area contributed by atoms with Crippen molar-refractivity contribution in [1.82, 2.24) is 5.32 Å². The fourth-order valence-corrected chi connectivity index (χ4v) is 14.0. The van der Waals surface area contributed by atoms with Crippen molar-refractivity contribution in [2.75, 3.05) is 19.8 Å². The van der Waals surface area contributed by atoms with Crippen LogP contribution in [0, 0.1) is 0 Å². The van der Waals surface area contributed by atoms with Gasteiger partial charge in [0.1, 0.15) is 48.8 Å². The minimum atomic E-state index is -1.78. The van der Waals surface area contributed by atoms with Crippen LogP contribution < -0.4 is 5.32 Å². The first-order valence-corrected chi connectivity index (χ1v) is 40.3. The van der Waals surface area contributed by atoms with E-state index in [1.165, 1.54) is 321 Å². The Balaban J connectivity index is 1.58. The van der Waals surface area contributed by atoms with Gasteiger partial charge in [-0.05, 0) is 12.8 Å². The van der Waals surface area contributed by atoms with Crippen molar-refractivity contribution >= 4 is 5.91 Å². The smallest absolute Gasteiger partial charge is 0.220 e. The highest BCUT2D eigenvalue weighted by atomic mass is 16.7. The van der Waals surface area contributed by atoms with Gasteiger partial charge in [0.05, 0.1) is 32.0 Å². The van der Waals surface area contributed by atoms with E-state index in [1.54, 1.807) is 0 Å². The third-order valence-corrected chi connectivity index (χ3v) is 20.3. The van der Waals surface area contributed by atoms with E-state index in [2.05, 4.69) is 19.2 Å². The molecule has 0 radical (unpaired) electrons. The van der Waals surface area contributed by atoms with Crippen molar-refractivity contribution in [3.63, 3.8) is 0 Å². The van der Waals surface area contributed by atoms with Gasteiger partial charge in [-0.25, -0.2) is 0 Å². The largest absolute Gasteiger partial charge is 0.394 e. The van der Waals surface area contributed by atoms with Crippen molar-refractivity contribution < 1.29 is 64.6 Å². The number of carbonyl (C=O) groups is 1. The fourth-order valence-electron chi connectivity index (χ4n) is 14.0. The van der Waals surface area contributed by atoms with Crippen LogP contribution in [-0.2, 0) is 23.7 Å². The minimum Gasteiger partial charge on any atom is -0.394 e. The standard InChI is InChI=1S/C78H153NO13/c1-3-5-7-9-11-13-15-17-19-21-23-25-27-28-29-30-31-32-33-34-35-36-37-38-40-42-44-46-48-50-52-54-56-58-60-62-70(83)79-66(65-89-77-75(88)73(86)76(69(64-81)91-77)92-78-74(87)72(85)71(84)68(63-80)90-78)67(82)61-59-57-55-53-51-49-47-45-43-41-39-26-24-22-20-18-16-14-12-10-8-6-4-2/h66-69,71-78,80-82,84-88H,3-65H2,1-2H3,(H,79,83). The van der Waals surface area contributed by atoms with Crippen molar-refractivity contribution in [3.05, 3.63) is 0 Å². The lowest BCUT2D eigenvalue weighted by molar-refractivity contribution is -0.359. The molecule has 2 fully saturated rings. The molecule has 2 aliphatic rings. The van der Waals surface area contributed by atoms with Crippen LogP contribution in [0.3, 0.4) is 0 Å². The molecule has 0 spiro atoms. The predicted octanol–water partition coefficient (Wildman–Crippen LogP) is 17.9. The normalized spacial score (nSPS) is 22.5. The Morgan fingerprint density at radius 3 is 0.924 bits per heavy atom. The highest BCUT2D eigenvalue weighted by molar-refractivity contribution is 5.76. The molecule has 548 valence electrons. The molecule has 92 heavy (non-hydrogen) atoms. The van der Waals surface area contributed by atoms with E-state index in [0.29, 0.717) is 12.8 Å². The monoisotopic (exact) mass is 1310 g/mol. The van der Waals surface area contributed by atoms with E-state index in [9.17, 15) is 45.6 Å². The maximum atomic E-state index is 13.4. The predicted molar refractivity (Wildman–Crippen MR) is 379 cm³/mol. The van der Waals surface area contributed by atoms with E-state index in [4.69, 9.17) is 18.9 Å². The molecule has 0 saturated carbocycles. The van der Waals surface area contributed by atoms with Gasteiger partial charge in [0.15, 0.2) is 12.6 Å². The summed E-state index contributed by atoms with van der Waals surface area (Å²) in [5, 5.41) is 87.8. The van der Waals surface area contributed by atoms with Crippen LogP contribution in [-0.4, -0.2) is 140 Å². The number of carbonyl (C=O) groups excluding carboxylic acids is 1. The Hall–Kier alpha value is -1.01. The molecule has 14 nitrogen and oxygen atoms in total. The second-order valence-electron chi connectivity index (χ2n) is 28.9. The SMILES string of the molecule is CCCCCCCCCCCCCCCCCCCCCCCCCCCCCCCCCCCCCC(=O)NC(COC1OC(CO)C(OC2OC(CO)C(O)C(O)C2O)C(O)C1O)C(O)CCCCCCCCCCCCCCCCCCCCCCCCC. The maximum absolute atomic E-state index is 13.4. The Morgan fingerprint density at radius 2 is 0.620 bits per heavy atom. The lowest BCUT2D eigenvalue weighted by atomic mass is 9.97. The van der Waals surface area contributed by atoms with Crippen LogP contribution in [0.1, 0.15) is 399 Å². The summed E-state index contributed by atoms with van der Waals surface area (Å²) in [4.78, 5) is 13.4. The van der Waals surface area contributed by atoms with Crippen molar-refractivity contribution in [3.8, 4) is 0 Å². The molecule has 2 aliphatic heterocycles. The zero-order valence-electron chi connectivity index (χ0n) is 60.1. The summed E-state index contributed by atoms with van der Waals surface area (Å²) in [7, 11) is 0. The first-order chi connectivity index (χ1) is 45.1. The van der Waals surface area contributed by atoms with Crippen LogP contribution in [0.5, 0.6) is 0 Å². The summed E-state index contributed by atoms with van der Waals surface area (Å²) in [6.07, 6.45) is 61.5. The summed E-state index contributed by atoms with van der Waals surface area (Å²) < 4.78 is 23.0. The molecule has 0 aliphatic carbocycles. The molecule has 1 amide bonds. The van der Waals surface area contributed by atoms with E-state index >= 15 is 0 Å². The molecule has 9 N–H and O–H groups in total. The molecular weight excluding hydrogens is 1160 g/mol. The van der Waals surface area contributed by atoms with E-state index < -0.39 is 86.8 Å². The highest BCUT2D eigenvalue weighted by Gasteiger charge is 2.51. The number of rotatable bonds is 69. The number of hydrogen-bond acceptors (Lipinski definition) is 13. The van der Waals surface area contributed by atoms with Gasteiger partial charge in [-0.2, -0.15) is 0 Å². The first kappa shape index (κ1) is 87.1. The van der Waals surface area contributed by atoms with Gasteiger partial charge in [0, 0.05) is 6.42 Å². The van der Waals surface area contributed by atoms with Gasteiger partial charge in [-0.1, -0.05) is 380 Å². The van der Waals surface area contributed by atoms with Crippen LogP contribution in [0.25, 0.3) is 0 Å². The molecule has 0 aromatic carbocycles. The van der Waals surface area contributed by atoms with Gasteiger partial charge in [-0.3, -0.25) is 4.79 Å². The summed E-state index contributed by atoms with van der Waals surface area (Å²) >= 11 is 0. The second kappa shape index (κ2) is 63.4. The van der Waals surface area contributed by atoms with Gasteiger partial charge in [-0.15, -0.1) is 0 Å². The Morgan fingerprint density at radius 1 is 0.348 bits per heavy atom. The lowest BCUT2D eigenvalue weighted by Gasteiger charge is -2.46. The van der Waals surface area contributed by atoms with E-state index in [-0.39, 0.29) is 12.5 Å². The Labute approximate surface area is 565 Å². The molecule has 2 saturated heterocycles. The molecule has 0 bridgehead atoms. The maximum Gasteiger partial charge on any atom is 0.220 e. The van der Waals surface area contributed by atoms with Crippen LogP contribution in [0.4, 0.5) is 0 Å². The molecule has 12 unspecified atom stereocenters. The fraction of sp³-hybridized carbons (Fsp3) is 0.987. The number of aliphatic hydroxyl groups excluding tert-OH is 8. The number of aliphatic hydroxyl groups is 8. The van der Waals surface area contributed by atoms with Gasteiger partial charge >= 0.3 is 0 Å². The summed E-state index contributed by atoms with van der Waals surface area (Å²) in [6.45, 7) is 2.95. The summed E-state index contributed by atoms with van der Waals surface area (Å²) in [5.41, 5.74) is 0. The Kier molecular flexibility index (Phi) is 60.0. The number of hydrogen-bond donors (Lipinski definition) is 9. The van der Waals surface area contributed by atoms with Crippen LogP contribution >= 0.6 is 0 Å². The summed E-state index contributed by atoms with van der Waals surface area (Å²) in [6, 6.07) is -0.825. The molecule has 0 aromatic rings. The zero-order valence-corrected chi connectivity index (χ0v) is 60.1. The van der Waals surface area contributed by atoms with Crippen LogP contribution in [0.2, 0.25) is 0 Å². The summed E-state index contributed by atoms with van der Waals surface area (Å²) in [5.74, 6) is -0.195. The number of nitrogens with one attached hydrogen (secondary N) is 1. The topological polar surface area (TPSA) is 228 Å². The molecule has 2 rings (SSSR count). The first-order valence-electron chi connectivity index (χ1n) is 40.3. The van der Waals surface area contributed by atoms with Crippen LogP contribution in [0.15, 0.2) is 0 Å². The molecule has 12 atom stereocenters. The lowest BCUT2D eigenvalue weighted by Crippen LogP contribution is -2.65. The van der Waals surface area contributed by atoms with Gasteiger partial charge in [0.25, 0.3) is 0 Å². The zero-order chi connectivity index (χ0) is 66.6. The number of amides is 1. The Bertz CT molecular complexity index is 1550. The average molecular weight is 1310 g/mol. The third-order valence-electron chi connectivity index (χ3n) is 20.3. The van der Waals surface area contributed by atoms with Gasteiger partial charge < -0.3 is 65.1 Å². The minimum absolute atomic E-state index is 0.195. The number of unbranched alkanes of at least 4 members (excludes halogenated alkanes) is 56. The number of ether oxygens (including phenoxy) is 4. The van der Waals surface area contributed by atoms with Crippen molar-refractivity contribution in [2.45, 2.75) is 473 Å². The van der Waals surface area contributed by atoms with Crippen molar-refractivity contribution in [2.24, 2.45) is 0 Å². The van der Waals surface area contributed by atoms with E-state index in [0.717, 1.165) is 51.4 Å².